The molecule has 2 N–H and O–H groups in total. The summed E-state index contributed by atoms with van der Waals surface area (Å²) in [6.07, 6.45) is 3.92. The minimum atomic E-state index is -2.93. The van der Waals surface area contributed by atoms with E-state index in [0.29, 0.717) is 19.4 Å². The number of anilines is 2. The van der Waals surface area contributed by atoms with Gasteiger partial charge in [-0.15, -0.1) is 0 Å². The fourth-order valence-electron chi connectivity index (χ4n) is 4.14. The minimum Gasteiger partial charge on any atom is -0.481 e. The van der Waals surface area contributed by atoms with Crippen LogP contribution in [0.15, 0.2) is 60.9 Å². The first kappa shape index (κ1) is 25.5. The fourth-order valence-corrected chi connectivity index (χ4v) is 4.14. The molecule has 1 atom stereocenters. The summed E-state index contributed by atoms with van der Waals surface area (Å²) >= 11 is 0. The van der Waals surface area contributed by atoms with E-state index in [9.17, 15) is 18.7 Å². The lowest BCUT2D eigenvalue weighted by molar-refractivity contribution is -0.137. The van der Waals surface area contributed by atoms with Crippen LogP contribution >= 0.6 is 0 Å². The van der Waals surface area contributed by atoms with Crippen LogP contribution in [0, 0.1) is 5.82 Å². The van der Waals surface area contributed by atoms with E-state index >= 15 is 4.39 Å². The molecule has 4 rings (SSSR count). The van der Waals surface area contributed by atoms with Crippen LogP contribution in [0.5, 0.6) is 0 Å². The molecule has 9 heteroatoms. The maximum atomic E-state index is 15.6. The molecular weight excluding hydrogens is 469 g/mol. The standard InChI is InChI=1S/C27H29F3N4O2/c1-27(29,30)20-10-7-19(8-11-20)16-34(22-13-14-22)26-24(28)25(31-17-32-26)33-21(15-23(35)36)12-9-18-5-3-2-4-6-18/h2-8,10-11,17,21-22H,9,12-16H2,1H3,(H,35,36)(H,31,32,33). The molecule has 1 aliphatic rings. The zero-order valence-corrected chi connectivity index (χ0v) is 20.0. The third kappa shape index (κ3) is 6.74. The van der Waals surface area contributed by atoms with E-state index in [-0.39, 0.29) is 29.7 Å². The van der Waals surface area contributed by atoms with E-state index in [0.717, 1.165) is 30.9 Å². The van der Waals surface area contributed by atoms with Gasteiger partial charge in [-0.05, 0) is 36.8 Å². The van der Waals surface area contributed by atoms with Crippen molar-refractivity contribution >= 4 is 17.6 Å². The Labute approximate surface area is 208 Å². The van der Waals surface area contributed by atoms with Crippen LogP contribution in [0.2, 0.25) is 0 Å². The molecule has 1 aliphatic carbocycles. The minimum absolute atomic E-state index is 0.0501. The summed E-state index contributed by atoms with van der Waals surface area (Å²) in [6.45, 7) is 1.15. The highest BCUT2D eigenvalue weighted by molar-refractivity contribution is 5.68. The maximum Gasteiger partial charge on any atom is 0.305 e. The van der Waals surface area contributed by atoms with Gasteiger partial charge >= 0.3 is 5.97 Å². The van der Waals surface area contributed by atoms with Gasteiger partial charge in [0.2, 0.25) is 5.82 Å². The molecule has 0 amide bonds. The van der Waals surface area contributed by atoms with E-state index in [1.165, 1.54) is 18.5 Å². The molecule has 0 bridgehead atoms. The van der Waals surface area contributed by atoms with Crippen LogP contribution in [-0.2, 0) is 23.7 Å². The Morgan fingerprint density at radius 2 is 1.81 bits per heavy atom. The first-order valence-corrected chi connectivity index (χ1v) is 12.0. The molecule has 3 aromatic rings. The van der Waals surface area contributed by atoms with Crippen molar-refractivity contribution in [2.45, 2.75) is 63.6 Å². The van der Waals surface area contributed by atoms with Crippen molar-refractivity contribution in [1.29, 1.82) is 0 Å². The molecule has 1 saturated carbocycles. The van der Waals surface area contributed by atoms with Crippen LogP contribution < -0.4 is 10.2 Å². The molecule has 6 nitrogen and oxygen atoms in total. The molecule has 0 saturated heterocycles. The quantitative estimate of drug-likeness (QED) is 0.329. The van der Waals surface area contributed by atoms with Crippen LogP contribution in [-0.4, -0.2) is 33.1 Å². The number of aromatic nitrogens is 2. The molecule has 0 radical (unpaired) electrons. The Kier molecular flexibility index (Phi) is 7.76. The summed E-state index contributed by atoms with van der Waals surface area (Å²) < 4.78 is 42.7. The smallest absolute Gasteiger partial charge is 0.305 e. The van der Waals surface area contributed by atoms with Crippen molar-refractivity contribution in [2.24, 2.45) is 0 Å². The highest BCUT2D eigenvalue weighted by Gasteiger charge is 2.33. The highest BCUT2D eigenvalue weighted by atomic mass is 19.3. The monoisotopic (exact) mass is 498 g/mol. The Morgan fingerprint density at radius 1 is 1.11 bits per heavy atom. The lowest BCUT2D eigenvalue weighted by Gasteiger charge is -2.25. The maximum absolute atomic E-state index is 15.6. The number of hydrogen-bond acceptors (Lipinski definition) is 5. The lowest BCUT2D eigenvalue weighted by Crippen LogP contribution is -2.29. The van der Waals surface area contributed by atoms with Crippen molar-refractivity contribution in [1.82, 2.24) is 9.97 Å². The number of halogens is 3. The Balaban J connectivity index is 1.51. The summed E-state index contributed by atoms with van der Waals surface area (Å²) in [5.41, 5.74) is 1.74. The number of nitrogens with one attached hydrogen (secondary N) is 1. The van der Waals surface area contributed by atoms with Gasteiger partial charge in [0, 0.05) is 31.1 Å². The number of benzene rings is 2. The van der Waals surface area contributed by atoms with E-state index in [4.69, 9.17) is 0 Å². The van der Waals surface area contributed by atoms with Gasteiger partial charge in [0.05, 0.1) is 6.42 Å². The lowest BCUT2D eigenvalue weighted by atomic mass is 10.0. The van der Waals surface area contributed by atoms with Crippen molar-refractivity contribution in [3.05, 3.63) is 83.4 Å². The van der Waals surface area contributed by atoms with Gasteiger partial charge < -0.3 is 15.3 Å². The summed E-state index contributed by atoms with van der Waals surface area (Å²) in [5.74, 6) is -4.52. The highest BCUT2D eigenvalue weighted by Crippen LogP contribution is 2.35. The second kappa shape index (κ2) is 11.0. The summed E-state index contributed by atoms with van der Waals surface area (Å²) in [7, 11) is 0. The van der Waals surface area contributed by atoms with Crippen molar-refractivity contribution in [3.63, 3.8) is 0 Å². The topological polar surface area (TPSA) is 78.4 Å². The largest absolute Gasteiger partial charge is 0.481 e. The average molecular weight is 499 g/mol. The first-order chi connectivity index (χ1) is 17.2. The summed E-state index contributed by atoms with van der Waals surface area (Å²) in [4.78, 5) is 21.5. The zero-order chi connectivity index (χ0) is 25.7. The third-order valence-corrected chi connectivity index (χ3v) is 6.23. The third-order valence-electron chi connectivity index (χ3n) is 6.23. The Bertz CT molecular complexity index is 1170. The first-order valence-electron chi connectivity index (χ1n) is 12.0. The summed E-state index contributed by atoms with van der Waals surface area (Å²) in [6, 6.07) is 15.2. The molecule has 36 heavy (non-hydrogen) atoms. The number of carboxylic acid groups (broad SMARTS) is 1. The fraction of sp³-hybridized carbons (Fsp3) is 0.370. The number of aliphatic carboxylic acids is 1. The molecule has 190 valence electrons. The van der Waals surface area contributed by atoms with Crippen molar-refractivity contribution in [3.8, 4) is 0 Å². The van der Waals surface area contributed by atoms with Gasteiger partial charge in [-0.25, -0.2) is 18.7 Å². The van der Waals surface area contributed by atoms with E-state index in [1.54, 1.807) is 12.1 Å². The summed E-state index contributed by atoms with van der Waals surface area (Å²) in [5, 5.41) is 12.3. The Hall–Kier alpha value is -3.62. The molecule has 2 aromatic carbocycles. The van der Waals surface area contributed by atoms with Gasteiger partial charge in [0.25, 0.3) is 5.92 Å². The van der Waals surface area contributed by atoms with Gasteiger partial charge in [0.15, 0.2) is 11.6 Å². The molecule has 1 heterocycles. The van der Waals surface area contributed by atoms with Gasteiger partial charge in [0.1, 0.15) is 6.33 Å². The second-order valence-corrected chi connectivity index (χ2v) is 9.27. The van der Waals surface area contributed by atoms with E-state index < -0.39 is 23.8 Å². The van der Waals surface area contributed by atoms with Crippen LogP contribution in [0.3, 0.4) is 0 Å². The molecule has 0 aliphatic heterocycles. The normalized spacial score (nSPS) is 14.3. The van der Waals surface area contributed by atoms with Crippen LogP contribution in [0.4, 0.5) is 24.8 Å². The zero-order valence-electron chi connectivity index (χ0n) is 20.0. The molecule has 1 unspecified atom stereocenters. The molecular formula is C27H29F3N4O2. The van der Waals surface area contributed by atoms with Crippen LogP contribution in [0.25, 0.3) is 0 Å². The second-order valence-electron chi connectivity index (χ2n) is 9.27. The number of hydrogen-bond donors (Lipinski definition) is 2. The van der Waals surface area contributed by atoms with Gasteiger partial charge in [-0.3, -0.25) is 4.79 Å². The SMILES string of the molecule is CC(F)(F)c1ccc(CN(c2ncnc(NC(CCc3ccccc3)CC(=O)O)c2F)C2CC2)cc1. The van der Waals surface area contributed by atoms with E-state index in [1.807, 2.05) is 35.2 Å². The molecule has 0 spiro atoms. The van der Waals surface area contributed by atoms with Crippen molar-refractivity contribution in [2.75, 3.05) is 10.2 Å². The number of carbonyl (C=O) groups is 1. The Morgan fingerprint density at radius 3 is 2.42 bits per heavy atom. The van der Waals surface area contributed by atoms with Gasteiger partial charge in [-0.1, -0.05) is 54.6 Å². The molecule has 1 aromatic heterocycles. The van der Waals surface area contributed by atoms with E-state index in [2.05, 4.69) is 15.3 Å². The number of alkyl halides is 2. The number of rotatable bonds is 12. The van der Waals surface area contributed by atoms with Crippen LogP contribution in [0.1, 0.15) is 49.3 Å². The predicted octanol–water partition coefficient (Wildman–Crippen LogP) is 5.78. The van der Waals surface area contributed by atoms with Crippen molar-refractivity contribution < 1.29 is 23.1 Å². The number of nitrogens with zero attached hydrogens (tertiary/aromatic N) is 3. The average Bonchev–Trinajstić information content (AvgIpc) is 3.68. The van der Waals surface area contributed by atoms with Gasteiger partial charge in [-0.2, -0.15) is 4.39 Å². The molecule has 1 fully saturated rings. The number of carboxylic acids is 1. The predicted molar refractivity (Wildman–Crippen MR) is 132 cm³/mol. The number of aryl methyl sites for hydroxylation is 1.